The van der Waals surface area contributed by atoms with Crippen molar-refractivity contribution < 1.29 is 4.42 Å². The van der Waals surface area contributed by atoms with Crippen LogP contribution >= 0.6 is 15.9 Å². The van der Waals surface area contributed by atoms with Gasteiger partial charge in [-0.2, -0.15) is 0 Å². The Hall–Kier alpha value is -0.280. The first-order valence-corrected chi connectivity index (χ1v) is 4.45. The van der Waals surface area contributed by atoms with E-state index in [2.05, 4.69) is 22.9 Å². The van der Waals surface area contributed by atoms with Gasteiger partial charge in [0.25, 0.3) is 0 Å². The molecule has 0 amide bonds. The lowest BCUT2D eigenvalue weighted by atomic mass is 10.2. The molecule has 60 valence electrons. The van der Waals surface area contributed by atoms with Gasteiger partial charge in [0.2, 0.25) is 0 Å². The van der Waals surface area contributed by atoms with Gasteiger partial charge in [-0.3, -0.25) is 0 Å². The van der Waals surface area contributed by atoms with E-state index in [9.17, 15) is 0 Å². The topological polar surface area (TPSA) is 39.2 Å². The molecule has 1 aliphatic carbocycles. The normalized spacial score (nSPS) is 35.7. The molecule has 0 bridgehead atoms. The van der Waals surface area contributed by atoms with Crippen LogP contribution in [0.25, 0.3) is 0 Å². The molecule has 2 N–H and O–H groups in total. The van der Waals surface area contributed by atoms with Crippen molar-refractivity contribution in [2.24, 2.45) is 11.7 Å². The minimum Gasteiger partial charge on any atom is -0.466 e. The highest BCUT2D eigenvalue weighted by Gasteiger charge is 2.51. The van der Waals surface area contributed by atoms with E-state index >= 15 is 0 Å². The van der Waals surface area contributed by atoms with Crippen molar-refractivity contribution in [2.45, 2.75) is 18.9 Å². The summed E-state index contributed by atoms with van der Waals surface area (Å²) in [6.45, 7) is 2.14. The van der Waals surface area contributed by atoms with Crippen LogP contribution in [0.2, 0.25) is 0 Å². The summed E-state index contributed by atoms with van der Waals surface area (Å²) in [6.07, 6.45) is 2.71. The number of hydrogen-bond donors (Lipinski definition) is 1. The molecule has 2 rings (SSSR count). The van der Waals surface area contributed by atoms with Crippen LogP contribution in [-0.2, 0) is 5.54 Å². The van der Waals surface area contributed by atoms with E-state index in [0.29, 0.717) is 5.92 Å². The summed E-state index contributed by atoms with van der Waals surface area (Å²) in [5.74, 6) is 1.46. The molecule has 2 unspecified atom stereocenters. The molecular formula is C8H10BrNO. The molecule has 0 aliphatic heterocycles. The Balaban J connectivity index is 2.31. The summed E-state index contributed by atoms with van der Waals surface area (Å²) in [7, 11) is 0. The van der Waals surface area contributed by atoms with Gasteiger partial charge in [-0.05, 0) is 34.3 Å². The van der Waals surface area contributed by atoms with Crippen LogP contribution in [0.5, 0.6) is 0 Å². The fraction of sp³-hybridized carbons (Fsp3) is 0.500. The molecule has 1 aromatic heterocycles. The number of hydrogen-bond acceptors (Lipinski definition) is 2. The van der Waals surface area contributed by atoms with Crippen LogP contribution in [0.1, 0.15) is 19.1 Å². The molecule has 2 atom stereocenters. The second kappa shape index (κ2) is 2.11. The van der Waals surface area contributed by atoms with Gasteiger partial charge in [-0.25, -0.2) is 0 Å². The zero-order chi connectivity index (χ0) is 8.06. The average molecular weight is 216 g/mol. The molecule has 1 saturated carbocycles. The predicted octanol–water partition coefficient (Wildman–Crippen LogP) is 2.24. The highest BCUT2D eigenvalue weighted by atomic mass is 79.9. The molecule has 1 fully saturated rings. The Morgan fingerprint density at radius 3 is 2.82 bits per heavy atom. The zero-order valence-electron chi connectivity index (χ0n) is 6.30. The third-order valence-corrected chi connectivity index (χ3v) is 2.81. The van der Waals surface area contributed by atoms with Gasteiger partial charge in [0.05, 0.1) is 10.0 Å². The highest BCUT2D eigenvalue weighted by molar-refractivity contribution is 9.10. The van der Waals surface area contributed by atoms with E-state index in [1.54, 1.807) is 6.26 Å². The van der Waals surface area contributed by atoms with Gasteiger partial charge in [0.15, 0.2) is 0 Å². The van der Waals surface area contributed by atoms with Crippen LogP contribution in [-0.4, -0.2) is 0 Å². The Labute approximate surface area is 73.9 Å². The molecule has 1 aliphatic rings. The fourth-order valence-electron chi connectivity index (χ4n) is 1.35. The van der Waals surface area contributed by atoms with Gasteiger partial charge < -0.3 is 10.2 Å². The van der Waals surface area contributed by atoms with E-state index in [1.165, 1.54) is 0 Å². The second-order valence-corrected chi connectivity index (χ2v) is 4.19. The van der Waals surface area contributed by atoms with E-state index in [0.717, 1.165) is 16.7 Å². The maximum absolute atomic E-state index is 6.01. The first-order chi connectivity index (χ1) is 5.13. The van der Waals surface area contributed by atoms with Gasteiger partial charge >= 0.3 is 0 Å². The average Bonchev–Trinajstić information content (AvgIpc) is 2.44. The third kappa shape index (κ3) is 1.03. The molecule has 3 heteroatoms. The van der Waals surface area contributed by atoms with E-state index in [-0.39, 0.29) is 5.54 Å². The van der Waals surface area contributed by atoms with Crippen LogP contribution in [0, 0.1) is 5.92 Å². The van der Waals surface area contributed by atoms with Gasteiger partial charge in [-0.15, -0.1) is 0 Å². The molecule has 1 aromatic rings. The van der Waals surface area contributed by atoms with E-state index in [1.807, 2.05) is 6.07 Å². The van der Waals surface area contributed by atoms with Crippen LogP contribution in [0.3, 0.4) is 0 Å². The summed E-state index contributed by atoms with van der Waals surface area (Å²) in [6, 6.07) is 1.95. The van der Waals surface area contributed by atoms with Gasteiger partial charge in [-0.1, -0.05) is 6.92 Å². The number of halogens is 1. The molecular weight excluding hydrogens is 206 g/mol. The molecule has 2 nitrogen and oxygen atoms in total. The maximum Gasteiger partial charge on any atom is 0.125 e. The van der Waals surface area contributed by atoms with Crippen molar-refractivity contribution in [1.29, 1.82) is 0 Å². The van der Waals surface area contributed by atoms with Crippen LogP contribution < -0.4 is 5.73 Å². The lowest BCUT2D eigenvalue weighted by Crippen LogP contribution is -2.20. The lowest BCUT2D eigenvalue weighted by Gasteiger charge is -2.03. The van der Waals surface area contributed by atoms with Gasteiger partial charge in [0.1, 0.15) is 12.0 Å². The largest absolute Gasteiger partial charge is 0.466 e. The molecule has 11 heavy (non-hydrogen) atoms. The smallest absolute Gasteiger partial charge is 0.125 e. The predicted molar refractivity (Wildman–Crippen MR) is 46.1 cm³/mol. The Kier molecular flexibility index (Phi) is 1.41. The first-order valence-electron chi connectivity index (χ1n) is 3.66. The van der Waals surface area contributed by atoms with Crippen LogP contribution in [0.15, 0.2) is 21.2 Å². The second-order valence-electron chi connectivity index (χ2n) is 3.27. The fourth-order valence-corrected chi connectivity index (χ4v) is 1.65. The van der Waals surface area contributed by atoms with Crippen molar-refractivity contribution in [1.82, 2.24) is 0 Å². The summed E-state index contributed by atoms with van der Waals surface area (Å²) in [5, 5.41) is 0. The summed E-state index contributed by atoms with van der Waals surface area (Å²) >= 11 is 3.32. The Morgan fingerprint density at radius 1 is 1.82 bits per heavy atom. The molecule has 0 saturated heterocycles. The maximum atomic E-state index is 6.01. The SMILES string of the molecule is CC1CC1(N)c1cc(Br)co1. The lowest BCUT2D eigenvalue weighted by molar-refractivity contribution is 0.441. The van der Waals surface area contributed by atoms with E-state index < -0.39 is 0 Å². The highest BCUT2D eigenvalue weighted by Crippen LogP contribution is 2.49. The minimum absolute atomic E-state index is 0.175. The Bertz CT molecular complexity index is 283. The summed E-state index contributed by atoms with van der Waals surface area (Å²) in [5.41, 5.74) is 5.84. The molecule has 0 spiro atoms. The molecule has 0 aromatic carbocycles. The number of furan rings is 1. The summed E-state index contributed by atoms with van der Waals surface area (Å²) in [4.78, 5) is 0. The standard InChI is InChI=1S/C8H10BrNO/c1-5-3-8(5,10)7-2-6(9)4-11-7/h2,4-5H,3,10H2,1H3. The number of rotatable bonds is 1. The van der Waals surface area contributed by atoms with Crippen molar-refractivity contribution >= 4 is 15.9 Å². The van der Waals surface area contributed by atoms with Gasteiger partial charge in [0, 0.05) is 0 Å². The number of nitrogens with two attached hydrogens (primary N) is 1. The quantitative estimate of drug-likeness (QED) is 0.781. The van der Waals surface area contributed by atoms with Crippen molar-refractivity contribution in [3.8, 4) is 0 Å². The third-order valence-electron chi connectivity index (χ3n) is 2.39. The monoisotopic (exact) mass is 215 g/mol. The Morgan fingerprint density at radius 2 is 2.45 bits per heavy atom. The van der Waals surface area contributed by atoms with Crippen molar-refractivity contribution in [3.63, 3.8) is 0 Å². The van der Waals surface area contributed by atoms with E-state index in [4.69, 9.17) is 10.2 Å². The minimum atomic E-state index is -0.175. The van der Waals surface area contributed by atoms with Crippen molar-refractivity contribution in [3.05, 3.63) is 22.6 Å². The molecule has 1 heterocycles. The summed E-state index contributed by atoms with van der Waals surface area (Å²) < 4.78 is 6.26. The van der Waals surface area contributed by atoms with Crippen LogP contribution in [0.4, 0.5) is 0 Å². The first kappa shape index (κ1) is 7.37. The zero-order valence-corrected chi connectivity index (χ0v) is 7.89. The van der Waals surface area contributed by atoms with Crippen molar-refractivity contribution in [2.75, 3.05) is 0 Å². The molecule has 0 radical (unpaired) electrons.